The van der Waals surface area contributed by atoms with Gasteiger partial charge in [0.25, 0.3) is 0 Å². The van der Waals surface area contributed by atoms with Crippen LogP contribution >= 0.6 is 21.6 Å². The summed E-state index contributed by atoms with van der Waals surface area (Å²) >= 11 is 0. The van der Waals surface area contributed by atoms with Gasteiger partial charge in [-0.3, -0.25) is 9.59 Å². The Morgan fingerprint density at radius 1 is 0.692 bits per heavy atom. The lowest BCUT2D eigenvalue weighted by Crippen LogP contribution is -2.12. The molecule has 0 heterocycles. The van der Waals surface area contributed by atoms with Gasteiger partial charge in [0.2, 0.25) is 11.8 Å². The third kappa shape index (κ3) is 7.97. The largest absolute Gasteiger partial charge is 0.326 e. The summed E-state index contributed by atoms with van der Waals surface area (Å²) in [6.07, 6.45) is 0.919. The van der Waals surface area contributed by atoms with Gasteiger partial charge in [0, 0.05) is 35.7 Å². The normalized spacial score (nSPS) is 10.4. The smallest absolute Gasteiger partial charge is 0.225 e. The number of aryl methyl sites for hydroxylation is 2. The highest BCUT2D eigenvalue weighted by Gasteiger charge is 2.05. The van der Waals surface area contributed by atoms with Crippen LogP contribution in [0.5, 0.6) is 0 Å². The van der Waals surface area contributed by atoms with Crippen LogP contribution in [0.2, 0.25) is 0 Å². The minimum atomic E-state index is 0.0130. The van der Waals surface area contributed by atoms with Gasteiger partial charge in [0.05, 0.1) is 0 Å². The van der Waals surface area contributed by atoms with E-state index in [-0.39, 0.29) is 11.8 Å². The van der Waals surface area contributed by atoms with Gasteiger partial charge in [-0.1, -0.05) is 57.0 Å². The maximum Gasteiger partial charge on any atom is 0.225 e. The summed E-state index contributed by atoms with van der Waals surface area (Å²) in [5, 5.41) is 5.77. The van der Waals surface area contributed by atoms with Crippen molar-refractivity contribution in [1.29, 1.82) is 0 Å². The highest BCUT2D eigenvalue weighted by molar-refractivity contribution is 8.76. The first kappa shape index (κ1) is 20.4. The van der Waals surface area contributed by atoms with Crippen LogP contribution in [0, 0.1) is 13.8 Å². The van der Waals surface area contributed by atoms with Gasteiger partial charge in [-0.15, -0.1) is 0 Å². The Morgan fingerprint density at radius 2 is 1.04 bits per heavy atom. The molecule has 0 aliphatic rings. The molecular weight excluding hydrogens is 364 g/mol. The summed E-state index contributed by atoms with van der Waals surface area (Å²) in [4.78, 5) is 23.7. The zero-order valence-electron chi connectivity index (χ0n) is 15.1. The molecule has 0 atom stereocenters. The highest BCUT2D eigenvalue weighted by Crippen LogP contribution is 2.23. The van der Waals surface area contributed by atoms with Crippen molar-refractivity contribution in [2.45, 2.75) is 26.7 Å². The third-order valence-electron chi connectivity index (χ3n) is 3.58. The zero-order valence-corrected chi connectivity index (χ0v) is 16.7. The predicted octanol–water partition coefficient (Wildman–Crippen LogP) is 5.04. The Kier molecular flexibility index (Phi) is 8.58. The maximum atomic E-state index is 11.9. The lowest BCUT2D eigenvalue weighted by molar-refractivity contribution is -0.116. The van der Waals surface area contributed by atoms with Gasteiger partial charge < -0.3 is 10.6 Å². The fourth-order valence-corrected chi connectivity index (χ4v) is 4.09. The molecule has 0 spiro atoms. The standard InChI is InChI=1S/C20H24N2O2S2/c1-15-3-7-17(8-4-15)21-19(23)11-13-25-26-14-12-20(24)22-18-9-5-16(2)6-10-18/h3-10H,11-14H2,1-2H3,(H,21,23)(H,22,24). The van der Waals surface area contributed by atoms with Crippen LogP contribution in [0.25, 0.3) is 0 Å². The molecule has 0 aliphatic heterocycles. The molecule has 2 N–H and O–H groups in total. The van der Waals surface area contributed by atoms with Crippen molar-refractivity contribution in [2.75, 3.05) is 22.1 Å². The Bertz CT molecular complexity index is 652. The van der Waals surface area contributed by atoms with E-state index >= 15 is 0 Å². The highest BCUT2D eigenvalue weighted by atomic mass is 33.1. The first-order valence-corrected chi connectivity index (χ1v) is 11.0. The molecule has 138 valence electrons. The summed E-state index contributed by atoms with van der Waals surface area (Å²) in [6.45, 7) is 4.03. The summed E-state index contributed by atoms with van der Waals surface area (Å²) in [5.41, 5.74) is 3.99. The molecule has 2 aromatic rings. The van der Waals surface area contributed by atoms with E-state index in [0.29, 0.717) is 12.8 Å². The van der Waals surface area contributed by atoms with E-state index in [1.807, 2.05) is 62.4 Å². The van der Waals surface area contributed by atoms with Gasteiger partial charge >= 0.3 is 0 Å². The quantitative estimate of drug-likeness (QED) is 0.467. The molecule has 0 unspecified atom stereocenters. The molecule has 0 saturated carbocycles. The number of rotatable bonds is 9. The molecule has 0 bridgehead atoms. The molecule has 0 aromatic heterocycles. The molecule has 26 heavy (non-hydrogen) atoms. The van der Waals surface area contributed by atoms with Crippen molar-refractivity contribution in [3.63, 3.8) is 0 Å². The molecular formula is C20H24N2O2S2. The molecule has 6 heteroatoms. The van der Waals surface area contributed by atoms with E-state index in [4.69, 9.17) is 0 Å². The zero-order chi connectivity index (χ0) is 18.8. The number of hydrogen-bond acceptors (Lipinski definition) is 4. The van der Waals surface area contributed by atoms with E-state index in [9.17, 15) is 9.59 Å². The van der Waals surface area contributed by atoms with Crippen LogP contribution in [0.4, 0.5) is 11.4 Å². The molecule has 4 nitrogen and oxygen atoms in total. The van der Waals surface area contributed by atoms with Crippen molar-refractivity contribution in [3.05, 3.63) is 59.7 Å². The second kappa shape index (κ2) is 10.9. The molecule has 0 radical (unpaired) electrons. The van der Waals surface area contributed by atoms with Crippen molar-refractivity contribution in [2.24, 2.45) is 0 Å². The van der Waals surface area contributed by atoms with Gasteiger partial charge in [-0.25, -0.2) is 0 Å². The van der Waals surface area contributed by atoms with Crippen LogP contribution < -0.4 is 10.6 Å². The Morgan fingerprint density at radius 3 is 1.38 bits per heavy atom. The second-order valence-electron chi connectivity index (χ2n) is 5.97. The number of hydrogen-bond donors (Lipinski definition) is 2. The van der Waals surface area contributed by atoms with E-state index in [1.54, 1.807) is 21.6 Å². The topological polar surface area (TPSA) is 58.2 Å². The first-order valence-electron chi connectivity index (χ1n) is 8.50. The molecule has 2 aromatic carbocycles. The Balaban J connectivity index is 1.53. The minimum Gasteiger partial charge on any atom is -0.326 e. The molecule has 0 fully saturated rings. The number of carbonyl (C=O) groups is 2. The van der Waals surface area contributed by atoms with Crippen LogP contribution in [-0.4, -0.2) is 23.3 Å². The van der Waals surface area contributed by atoms with Crippen molar-refractivity contribution >= 4 is 44.8 Å². The summed E-state index contributed by atoms with van der Waals surface area (Å²) in [6, 6.07) is 15.5. The molecule has 2 amide bonds. The fourth-order valence-electron chi connectivity index (χ4n) is 2.11. The predicted molar refractivity (Wildman–Crippen MR) is 114 cm³/mol. The summed E-state index contributed by atoms with van der Waals surface area (Å²) in [7, 11) is 3.24. The Hall–Kier alpha value is -1.92. The third-order valence-corrected chi connectivity index (χ3v) is 5.99. The molecule has 0 aliphatic carbocycles. The lowest BCUT2D eigenvalue weighted by Gasteiger charge is -2.06. The van der Waals surface area contributed by atoms with Crippen LogP contribution in [0.1, 0.15) is 24.0 Å². The fraction of sp³-hybridized carbons (Fsp3) is 0.300. The van der Waals surface area contributed by atoms with Crippen molar-refractivity contribution in [3.8, 4) is 0 Å². The number of carbonyl (C=O) groups excluding carboxylic acids is 2. The lowest BCUT2D eigenvalue weighted by atomic mass is 10.2. The molecule has 0 saturated heterocycles. The number of anilines is 2. The van der Waals surface area contributed by atoms with Crippen LogP contribution in [-0.2, 0) is 9.59 Å². The van der Waals surface area contributed by atoms with Gasteiger partial charge in [0.15, 0.2) is 0 Å². The number of nitrogens with one attached hydrogen (secondary N) is 2. The first-order chi connectivity index (χ1) is 12.5. The summed E-state index contributed by atoms with van der Waals surface area (Å²) in [5.74, 6) is 1.47. The van der Waals surface area contributed by atoms with E-state index in [0.717, 1.165) is 22.9 Å². The van der Waals surface area contributed by atoms with E-state index in [1.165, 1.54) is 11.1 Å². The van der Waals surface area contributed by atoms with Gasteiger partial charge in [-0.05, 0) is 38.1 Å². The SMILES string of the molecule is Cc1ccc(NC(=O)CCSSCCC(=O)Nc2ccc(C)cc2)cc1. The summed E-state index contributed by atoms with van der Waals surface area (Å²) < 4.78 is 0. The van der Waals surface area contributed by atoms with Crippen LogP contribution in [0.3, 0.4) is 0 Å². The number of benzene rings is 2. The van der Waals surface area contributed by atoms with E-state index in [2.05, 4.69) is 10.6 Å². The van der Waals surface area contributed by atoms with Crippen molar-refractivity contribution in [1.82, 2.24) is 0 Å². The van der Waals surface area contributed by atoms with E-state index < -0.39 is 0 Å². The average Bonchev–Trinajstić information content (AvgIpc) is 2.62. The van der Waals surface area contributed by atoms with Crippen molar-refractivity contribution < 1.29 is 9.59 Å². The molecule has 2 rings (SSSR count). The maximum absolute atomic E-state index is 11.9. The number of amides is 2. The van der Waals surface area contributed by atoms with Gasteiger partial charge in [0.1, 0.15) is 0 Å². The minimum absolute atomic E-state index is 0.0130. The second-order valence-corrected chi connectivity index (χ2v) is 8.67. The Labute approximate surface area is 162 Å². The monoisotopic (exact) mass is 388 g/mol. The van der Waals surface area contributed by atoms with Gasteiger partial charge in [-0.2, -0.15) is 0 Å². The average molecular weight is 389 g/mol. The van der Waals surface area contributed by atoms with Crippen LogP contribution in [0.15, 0.2) is 48.5 Å².